The van der Waals surface area contributed by atoms with Crippen LogP contribution in [-0.4, -0.2) is 36.2 Å². The molecule has 1 heterocycles. The van der Waals surface area contributed by atoms with Gasteiger partial charge in [0, 0.05) is 18.6 Å². The van der Waals surface area contributed by atoms with E-state index in [0.29, 0.717) is 6.42 Å². The van der Waals surface area contributed by atoms with Gasteiger partial charge in [-0.15, -0.1) is 0 Å². The molecule has 0 aromatic rings. The molecule has 0 aromatic heterocycles. The Balaban J connectivity index is 2.02. The van der Waals surface area contributed by atoms with Crippen molar-refractivity contribution in [3.05, 3.63) is 0 Å². The summed E-state index contributed by atoms with van der Waals surface area (Å²) < 4.78 is 38.4. The van der Waals surface area contributed by atoms with Crippen molar-refractivity contribution in [2.45, 2.75) is 57.8 Å². The van der Waals surface area contributed by atoms with Crippen LogP contribution in [0, 0.1) is 11.3 Å². The first kappa shape index (κ1) is 14.1. The number of nitrogens with two attached hydrogens (primary N) is 1. The number of nitrogens with zero attached hydrogens (tertiary/aromatic N) is 1. The third kappa shape index (κ3) is 2.67. The van der Waals surface area contributed by atoms with Gasteiger partial charge in [-0.05, 0) is 37.6 Å². The van der Waals surface area contributed by atoms with E-state index in [1.807, 2.05) is 4.90 Å². The van der Waals surface area contributed by atoms with Gasteiger partial charge in [0.15, 0.2) is 0 Å². The fourth-order valence-electron chi connectivity index (χ4n) is 3.37. The number of halogens is 3. The topological polar surface area (TPSA) is 29.3 Å². The molecule has 1 aliphatic carbocycles. The Morgan fingerprint density at radius 3 is 2.39 bits per heavy atom. The van der Waals surface area contributed by atoms with Crippen molar-refractivity contribution < 1.29 is 13.2 Å². The van der Waals surface area contributed by atoms with Gasteiger partial charge in [-0.25, -0.2) is 0 Å². The van der Waals surface area contributed by atoms with Crippen LogP contribution in [0.4, 0.5) is 13.2 Å². The van der Waals surface area contributed by atoms with Gasteiger partial charge in [-0.2, -0.15) is 13.2 Å². The van der Waals surface area contributed by atoms with Crippen molar-refractivity contribution in [1.29, 1.82) is 0 Å². The largest absolute Gasteiger partial charge is 0.393 e. The second-order valence-corrected chi connectivity index (χ2v) is 6.50. The SMILES string of the molecule is CC1(C)CCC(N2CCCC(C(F)(F)F)C2)C1N. The molecule has 2 nitrogen and oxygen atoms in total. The van der Waals surface area contributed by atoms with E-state index in [1.165, 1.54) is 0 Å². The monoisotopic (exact) mass is 264 g/mol. The molecule has 1 saturated heterocycles. The van der Waals surface area contributed by atoms with E-state index in [9.17, 15) is 13.2 Å². The fraction of sp³-hybridized carbons (Fsp3) is 1.00. The molecule has 0 radical (unpaired) electrons. The molecule has 2 fully saturated rings. The smallest absolute Gasteiger partial charge is 0.326 e. The second kappa shape index (κ2) is 4.67. The van der Waals surface area contributed by atoms with E-state index in [0.717, 1.165) is 19.4 Å². The maximum absolute atomic E-state index is 12.8. The third-order valence-corrected chi connectivity index (χ3v) is 4.79. The lowest BCUT2D eigenvalue weighted by atomic mass is 9.86. The third-order valence-electron chi connectivity index (χ3n) is 4.79. The van der Waals surface area contributed by atoms with E-state index in [-0.39, 0.29) is 30.5 Å². The van der Waals surface area contributed by atoms with Gasteiger partial charge < -0.3 is 5.73 Å². The number of rotatable bonds is 1. The number of likely N-dealkylation sites (tertiary alicyclic amines) is 1. The highest BCUT2D eigenvalue weighted by Crippen LogP contribution is 2.41. The highest BCUT2D eigenvalue weighted by molar-refractivity contribution is 5.00. The molecule has 0 bridgehead atoms. The number of hydrogen-bond donors (Lipinski definition) is 1. The van der Waals surface area contributed by atoms with E-state index in [4.69, 9.17) is 5.73 Å². The molecular formula is C13H23F3N2. The molecule has 1 saturated carbocycles. The van der Waals surface area contributed by atoms with Crippen LogP contribution < -0.4 is 5.73 Å². The van der Waals surface area contributed by atoms with Gasteiger partial charge in [0.2, 0.25) is 0 Å². The Hall–Kier alpha value is -0.290. The van der Waals surface area contributed by atoms with Crippen molar-refractivity contribution in [3.8, 4) is 0 Å². The van der Waals surface area contributed by atoms with E-state index in [2.05, 4.69) is 13.8 Å². The summed E-state index contributed by atoms with van der Waals surface area (Å²) in [5.41, 5.74) is 6.27. The summed E-state index contributed by atoms with van der Waals surface area (Å²) in [6.07, 6.45) is -1.22. The lowest BCUT2D eigenvalue weighted by Gasteiger charge is -2.40. The minimum Gasteiger partial charge on any atom is -0.326 e. The van der Waals surface area contributed by atoms with Crippen LogP contribution in [0.3, 0.4) is 0 Å². The van der Waals surface area contributed by atoms with Crippen LogP contribution in [0.25, 0.3) is 0 Å². The van der Waals surface area contributed by atoms with Gasteiger partial charge in [-0.3, -0.25) is 4.90 Å². The van der Waals surface area contributed by atoms with Crippen LogP contribution in [0.15, 0.2) is 0 Å². The molecule has 106 valence electrons. The van der Waals surface area contributed by atoms with E-state index in [1.54, 1.807) is 0 Å². The Bertz CT molecular complexity index is 301. The van der Waals surface area contributed by atoms with Crippen LogP contribution in [0.1, 0.15) is 39.5 Å². The van der Waals surface area contributed by atoms with Gasteiger partial charge >= 0.3 is 6.18 Å². The summed E-state index contributed by atoms with van der Waals surface area (Å²) in [7, 11) is 0. The highest BCUT2D eigenvalue weighted by atomic mass is 19.4. The maximum Gasteiger partial charge on any atom is 0.393 e. The Kier molecular flexibility index (Phi) is 3.67. The molecule has 5 heteroatoms. The van der Waals surface area contributed by atoms with Gasteiger partial charge in [0.25, 0.3) is 0 Å². The van der Waals surface area contributed by atoms with Crippen LogP contribution >= 0.6 is 0 Å². The molecule has 3 atom stereocenters. The highest BCUT2D eigenvalue weighted by Gasteiger charge is 2.47. The van der Waals surface area contributed by atoms with Crippen LogP contribution in [0.2, 0.25) is 0 Å². The Morgan fingerprint density at radius 1 is 1.22 bits per heavy atom. The molecule has 0 aromatic carbocycles. The number of piperidine rings is 1. The zero-order valence-corrected chi connectivity index (χ0v) is 11.1. The molecule has 1 aliphatic heterocycles. The van der Waals surface area contributed by atoms with Gasteiger partial charge in [-0.1, -0.05) is 13.8 Å². The predicted molar refractivity (Wildman–Crippen MR) is 65.1 cm³/mol. The van der Waals surface area contributed by atoms with Crippen molar-refractivity contribution in [2.75, 3.05) is 13.1 Å². The fourth-order valence-corrected chi connectivity index (χ4v) is 3.37. The average Bonchev–Trinajstić information content (AvgIpc) is 2.53. The van der Waals surface area contributed by atoms with Crippen molar-refractivity contribution >= 4 is 0 Å². The minimum atomic E-state index is -4.06. The second-order valence-electron chi connectivity index (χ2n) is 6.50. The van der Waals surface area contributed by atoms with E-state index < -0.39 is 12.1 Å². The molecule has 2 rings (SSSR count). The first-order valence-corrected chi connectivity index (χ1v) is 6.78. The number of hydrogen-bond acceptors (Lipinski definition) is 2. The van der Waals surface area contributed by atoms with Crippen LogP contribution in [-0.2, 0) is 0 Å². The summed E-state index contributed by atoms with van der Waals surface area (Å²) in [4.78, 5) is 1.99. The quantitative estimate of drug-likeness (QED) is 0.789. The normalized spacial score (nSPS) is 38.0. The zero-order chi connectivity index (χ0) is 13.6. The van der Waals surface area contributed by atoms with Crippen molar-refractivity contribution in [1.82, 2.24) is 4.90 Å². The number of alkyl halides is 3. The van der Waals surface area contributed by atoms with Gasteiger partial charge in [0.1, 0.15) is 0 Å². The first-order chi connectivity index (χ1) is 8.22. The van der Waals surface area contributed by atoms with Crippen LogP contribution in [0.5, 0.6) is 0 Å². The molecule has 2 N–H and O–H groups in total. The zero-order valence-electron chi connectivity index (χ0n) is 11.1. The minimum absolute atomic E-state index is 0.00974. The summed E-state index contributed by atoms with van der Waals surface area (Å²) in [5.74, 6) is -1.16. The Labute approximate surface area is 107 Å². The standard InChI is InChI=1S/C13H23F3N2/c1-12(2)6-5-10(11(12)17)18-7-3-4-9(8-18)13(14,15)16/h9-11H,3-8,17H2,1-2H3. The molecular weight excluding hydrogens is 241 g/mol. The lowest BCUT2D eigenvalue weighted by Crippen LogP contribution is -2.53. The molecule has 2 aliphatic rings. The first-order valence-electron chi connectivity index (χ1n) is 6.78. The molecule has 0 spiro atoms. The van der Waals surface area contributed by atoms with Gasteiger partial charge in [0.05, 0.1) is 5.92 Å². The van der Waals surface area contributed by atoms with E-state index >= 15 is 0 Å². The Morgan fingerprint density at radius 2 is 1.89 bits per heavy atom. The van der Waals surface area contributed by atoms with Crippen molar-refractivity contribution in [3.63, 3.8) is 0 Å². The summed E-state index contributed by atoms with van der Waals surface area (Å²) >= 11 is 0. The lowest BCUT2D eigenvalue weighted by molar-refractivity contribution is -0.188. The van der Waals surface area contributed by atoms with Crippen molar-refractivity contribution in [2.24, 2.45) is 17.1 Å². The summed E-state index contributed by atoms with van der Waals surface area (Å²) in [5, 5.41) is 0. The molecule has 3 unspecified atom stereocenters. The average molecular weight is 264 g/mol. The summed E-state index contributed by atoms with van der Waals surface area (Å²) in [6.45, 7) is 5.13. The summed E-state index contributed by atoms with van der Waals surface area (Å²) in [6, 6.07) is 0.120. The maximum atomic E-state index is 12.8. The predicted octanol–water partition coefficient (Wildman–Crippen LogP) is 2.78. The molecule has 18 heavy (non-hydrogen) atoms. The molecule has 0 amide bonds.